The van der Waals surface area contributed by atoms with E-state index in [0.717, 1.165) is 17.0 Å². The number of thiophene rings is 1. The monoisotopic (exact) mass is 545 g/mol. The number of ketones is 1. The number of esters is 1. The van der Waals surface area contributed by atoms with E-state index < -0.39 is 11.9 Å². The van der Waals surface area contributed by atoms with Gasteiger partial charge < -0.3 is 24.3 Å². The molecule has 8 heteroatoms. The molecule has 2 heterocycles. The van der Waals surface area contributed by atoms with Crippen molar-refractivity contribution in [1.29, 1.82) is 0 Å². The summed E-state index contributed by atoms with van der Waals surface area (Å²) < 4.78 is 22.4. The lowest BCUT2D eigenvalue weighted by Crippen LogP contribution is -2.36. The Morgan fingerprint density at radius 1 is 0.974 bits per heavy atom. The zero-order chi connectivity index (χ0) is 27.5. The summed E-state index contributed by atoms with van der Waals surface area (Å²) in [7, 11) is 4.73. The van der Waals surface area contributed by atoms with E-state index in [1.165, 1.54) is 4.88 Å². The molecule has 39 heavy (non-hydrogen) atoms. The van der Waals surface area contributed by atoms with Gasteiger partial charge in [0.25, 0.3) is 0 Å². The molecule has 2 aromatic carbocycles. The van der Waals surface area contributed by atoms with Gasteiger partial charge in [-0.05, 0) is 48.6 Å². The van der Waals surface area contributed by atoms with Crippen molar-refractivity contribution < 1.29 is 28.5 Å². The lowest BCUT2D eigenvalue weighted by molar-refractivity contribution is -0.140. The number of benzene rings is 2. The number of hydrogen-bond donors (Lipinski definition) is 1. The van der Waals surface area contributed by atoms with Crippen molar-refractivity contribution >= 4 is 23.1 Å². The second-order valence-corrected chi connectivity index (χ2v) is 10.5. The molecule has 5 rings (SSSR count). The normalized spacial score (nSPS) is 18.8. The second-order valence-electron chi connectivity index (χ2n) is 9.54. The minimum atomic E-state index is -0.661. The molecule has 0 bridgehead atoms. The number of hydrogen-bond acceptors (Lipinski definition) is 8. The highest BCUT2D eigenvalue weighted by atomic mass is 32.1. The molecule has 202 valence electrons. The van der Waals surface area contributed by atoms with Crippen molar-refractivity contribution in [2.24, 2.45) is 0 Å². The standard InChI is InChI=1S/C31H31NO6S/c1-18-27(31(34)38-17-19-10-12-21(35-2)13-11-19)28(22-7-5-8-25(36-3)30(22)37-4)29-23(32-18)15-20(16-24(29)33)26-9-6-14-39-26/h5-14,20,28,32H,15-17H2,1-4H3/t20-,28+/m1/s1. The Labute approximate surface area is 232 Å². The summed E-state index contributed by atoms with van der Waals surface area (Å²) in [5, 5.41) is 5.44. The van der Waals surface area contributed by atoms with Crippen LogP contribution in [-0.2, 0) is 20.9 Å². The quantitative estimate of drug-likeness (QED) is 0.354. The van der Waals surface area contributed by atoms with E-state index in [9.17, 15) is 9.59 Å². The number of rotatable bonds is 8. The van der Waals surface area contributed by atoms with Crippen molar-refractivity contribution in [1.82, 2.24) is 5.32 Å². The van der Waals surface area contributed by atoms with Crippen LogP contribution in [-0.4, -0.2) is 33.1 Å². The molecule has 1 aliphatic heterocycles. The smallest absolute Gasteiger partial charge is 0.337 e. The minimum absolute atomic E-state index is 0.00461. The first-order valence-electron chi connectivity index (χ1n) is 12.7. The van der Waals surface area contributed by atoms with E-state index in [4.69, 9.17) is 18.9 Å². The van der Waals surface area contributed by atoms with Gasteiger partial charge in [-0.2, -0.15) is 0 Å². The molecule has 0 saturated heterocycles. The summed E-state index contributed by atoms with van der Waals surface area (Å²) in [6.07, 6.45) is 1.05. The van der Waals surface area contributed by atoms with Crippen LogP contribution in [0, 0.1) is 0 Å². The first kappa shape index (κ1) is 26.6. The Morgan fingerprint density at radius 2 is 1.77 bits per heavy atom. The predicted molar refractivity (Wildman–Crippen MR) is 149 cm³/mol. The van der Waals surface area contributed by atoms with Crippen molar-refractivity contribution in [3.05, 3.63) is 98.5 Å². The van der Waals surface area contributed by atoms with Gasteiger partial charge in [-0.25, -0.2) is 4.79 Å². The van der Waals surface area contributed by atoms with E-state index in [2.05, 4.69) is 11.4 Å². The molecule has 1 N–H and O–H groups in total. The largest absolute Gasteiger partial charge is 0.497 e. The number of carbonyl (C=O) groups excluding carboxylic acids is 2. The lowest BCUT2D eigenvalue weighted by atomic mass is 9.72. The zero-order valence-corrected chi connectivity index (χ0v) is 23.2. The maximum absolute atomic E-state index is 13.8. The molecular weight excluding hydrogens is 514 g/mol. The van der Waals surface area contributed by atoms with Gasteiger partial charge >= 0.3 is 5.97 Å². The topological polar surface area (TPSA) is 83.1 Å². The fourth-order valence-corrected chi connectivity index (χ4v) is 6.26. The second kappa shape index (κ2) is 11.4. The number of methoxy groups -OCH3 is 3. The molecule has 2 aliphatic rings. The summed E-state index contributed by atoms with van der Waals surface area (Å²) in [5.74, 6) is 0.676. The number of para-hydroxylation sites is 1. The summed E-state index contributed by atoms with van der Waals surface area (Å²) in [6.45, 7) is 1.94. The van der Waals surface area contributed by atoms with Crippen LogP contribution in [0.2, 0.25) is 0 Å². The van der Waals surface area contributed by atoms with E-state index >= 15 is 0 Å². The van der Waals surface area contributed by atoms with Gasteiger partial charge in [0.15, 0.2) is 17.3 Å². The molecule has 1 aromatic heterocycles. The van der Waals surface area contributed by atoms with Gasteiger partial charge in [0.05, 0.1) is 32.8 Å². The maximum atomic E-state index is 13.8. The van der Waals surface area contributed by atoms with Crippen LogP contribution in [0.1, 0.15) is 47.6 Å². The fraction of sp³-hybridized carbons (Fsp3) is 0.290. The molecule has 0 saturated carbocycles. The van der Waals surface area contributed by atoms with Crippen molar-refractivity contribution in [2.75, 3.05) is 21.3 Å². The van der Waals surface area contributed by atoms with Gasteiger partial charge in [0.2, 0.25) is 0 Å². The van der Waals surface area contributed by atoms with Crippen LogP contribution < -0.4 is 19.5 Å². The first-order valence-corrected chi connectivity index (χ1v) is 13.6. The third kappa shape index (κ3) is 5.16. The summed E-state index contributed by atoms with van der Waals surface area (Å²) >= 11 is 1.66. The maximum Gasteiger partial charge on any atom is 0.337 e. The Morgan fingerprint density at radius 3 is 2.44 bits per heavy atom. The molecule has 0 unspecified atom stereocenters. The average molecular weight is 546 g/mol. The van der Waals surface area contributed by atoms with Gasteiger partial charge in [-0.15, -0.1) is 11.3 Å². The highest BCUT2D eigenvalue weighted by Crippen LogP contribution is 2.49. The number of dihydropyridines is 1. The van der Waals surface area contributed by atoms with Crippen LogP contribution in [0.3, 0.4) is 0 Å². The number of nitrogens with one attached hydrogen (secondary N) is 1. The number of ether oxygens (including phenoxy) is 4. The third-order valence-corrected chi connectivity index (χ3v) is 8.30. The molecule has 0 spiro atoms. The molecule has 0 amide bonds. The molecule has 7 nitrogen and oxygen atoms in total. The summed E-state index contributed by atoms with van der Waals surface area (Å²) in [5.41, 5.74) is 3.97. The third-order valence-electron chi connectivity index (χ3n) is 7.27. The molecule has 3 aromatic rings. The Kier molecular flexibility index (Phi) is 7.74. The van der Waals surface area contributed by atoms with Crippen LogP contribution in [0.15, 0.2) is 82.5 Å². The van der Waals surface area contributed by atoms with Gasteiger partial charge in [0, 0.05) is 39.7 Å². The molecular formula is C31H31NO6S. The average Bonchev–Trinajstić information content (AvgIpc) is 3.50. The van der Waals surface area contributed by atoms with Gasteiger partial charge in [-0.3, -0.25) is 4.79 Å². The summed E-state index contributed by atoms with van der Waals surface area (Å²) in [4.78, 5) is 28.7. The predicted octanol–water partition coefficient (Wildman–Crippen LogP) is 5.88. The van der Waals surface area contributed by atoms with E-state index in [-0.39, 0.29) is 18.3 Å². The van der Waals surface area contributed by atoms with Gasteiger partial charge in [-0.1, -0.05) is 30.3 Å². The molecule has 0 fully saturated rings. The van der Waals surface area contributed by atoms with E-state index in [1.54, 1.807) is 38.7 Å². The minimum Gasteiger partial charge on any atom is -0.497 e. The van der Waals surface area contributed by atoms with Gasteiger partial charge in [0.1, 0.15) is 12.4 Å². The highest BCUT2D eigenvalue weighted by molar-refractivity contribution is 7.10. The zero-order valence-electron chi connectivity index (χ0n) is 22.4. The van der Waals surface area contributed by atoms with Crippen LogP contribution in [0.5, 0.6) is 17.2 Å². The van der Waals surface area contributed by atoms with Crippen molar-refractivity contribution in [2.45, 2.75) is 38.2 Å². The SMILES string of the molecule is COc1ccc(COC(=O)C2=C(C)NC3=C(C(=O)C[C@H](c4cccs4)C3)[C@H]2c2cccc(OC)c2OC)cc1. The Hall–Kier alpha value is -4.04. The van der Waals surface area contributed by atoms with Crippen LogP contribution >= 0.6 is 11.3 Å². The van der Waals surface area contributed by atoms with Crippen molar-refractivity contribution in [3.8, 4) is 17.2 Å². The fourth-order valence-electron chi connectivity index (χ4n) is 5.43. The van der Waals surface area contributed by atoms with E-state index in [1.807, 2.05) is 54.8 Å². The van der Waals surface area contributed by atoms with Crippen molar-refractivity contribution in [3.63, 3.8) is 0 Å². The number of allylic oxidation sites excluding steroid dienone is 3. The number of carbonyl (C=O) groups is 2. The summed E-state index contributed by atoms with van der Waals surface area (Å²) in [6, 6.07) is 16.9. The molecule has 1 aliphatic carbocycles. The first-order chi connectivity index (χ1) is 18.9. The lowest BCUT2D eigenvalue weighted by Gasteiger charge is -2.37. The van der Waals surface area contributed by atoms with E-state index in [0.29, 0.717) is 46.7 Å². The van der Waals surface area contributed by atoms with Crippen LogP contribution in [0.25, 0.3) is 0 Å². The van der Waals surface area contributed by atoms with Crippen LogP contribution in [0.4, 0.5) is 0 Å². The highest BCUT2D eigenvalue weighted by Gasteiger charge is 2.43. The Bertz CT molecular complexity index is 1440. The number of Topliss-reactive ketones (excluding diaryl/α,β-unsaturated/α-hetero) is 1. The molecule has 2 atom stereocenters. The Balaban J connectivity index is 1.55. The molecule has 0 radical (unpaired) electrons.